The molecule has 0 rings (SSSR count). The first-order valence-corrected chi connectivity index (χ1v) is 6.08. The van der Waals surface area contributed by atoms with Gasteiger partial charge in [0.15, 0.2) is 0 Å². The van der Waals surface area contributed by atoms with E-state index in [0.717, 1.165) is 12.8 Å². The summed E-state index contributed by atoms with van der Waals surface area (Å²) in [5, 5.41) is 0. The molecular weight excluding hydrogens is 170 g/mol. The van der Waals surface area contributed by atoms with Crippen molar-refractivity contribution in [1.82, 2.24) is 0 Å². The molecule has 84 valence electrons. The lowest BCUT2D eigenvalue weighted by molar-refractivity contribution is 0.654. The molecule has 0 bridgehead atoms. The van der Waals surface area contributed by atoms with E-state index in [4.69, 9.17) is 5.73 Å². The number of hydrogen-bond donors (Lipinski definition) is 1. The molecule has 0 unspecified atom stereocenters. The smallest absolute Gasteiger partial charge is 0.00134 e. The number of hydrogen-bond acceptors (Lipinski definition) is 1. The van der Waals surface area contributed by atoms with Gasteiger partial charge in [-0.25, -0.2) is 0 Å². The van der Waals surface area contributed by atoms with Gasteiger partial charge >= 0.3 is 0 Å². The second kappa shape index (κ2) is 9.26. The van der Waals surface area contributed by atoms with Crippen LogP contribution >= 0.6 is 0 Å². The topological polar surface area (TPSA) is 26.0 Å². The van der Waals surface area contributed by atoms with Crippen LogP contribution in [-0.4, -0.2) is 6.04 Å². The highest BCUT2D eigenvalue weighted by Crippen LogP contribution is 2.10. The van der Waals surface area contributed by atoms with Gasteiger partial charge in [-0.05, 0) is 39.5 Å². The van der Waals surface area contributed by atoms with Gasteiger partial charge in [0.05, 0.1) is 0 Å². The molecule has 0 aromatic heterocycles. The Kier molecular flexibility index (Phi) is 9.06. The Balaban J connectivity index is 3.37. The van der Waals surface area contributed by atoms with Gasteiger partial charge in [0.1, 0.15) is 0 Å². The maximum atomic E-state index is 5.69. The Hall–Kier alpha value is -0.300. The molecule has 2 N–H and O–H groups in total. The number of unbranched alkanes of at least 4 members (excludes halogenated alkanes) is 3. The maximum absolute atomic E-state index is 5.69. The first-order valence-electron chi connectivity index (χ1n) is 6.08. The molecule has 0 radical (unpaired) electrons. The zero-order valence-corrected chi connectivity index (χ0v) is 10.2. The second-order valence-electron chi connectivity index (χ2n) is 4.42. The van der Waals surface area contributed by atoms with Crippen LogP contribution in [0.2, 0.25) is 0 Å². The lowest BCUT2D eigenvalue weighted by atomic mass is 10.1. The van der Waals surface area contributed by atoms with Crippen LogP contribution in [0.3, 0.4) is 0 Å². The van der Waals surface area contributed by atoms with Gasteiger partial charge in [0.25, 0.3) is 0 Å². The van der Waals surface area contributed by atoms with Crippen LogP contribution in [0, 0.1) is 0 Å². The Morgan fingerprint density at radius 3 is 2.57 bits per heavy atom. The fraction of sp³-hybridized carbons (Fsp3) is 0.846. The van der Waals surface area contributed by atoms with E-state index in [-0.39, 0.29) is 0 Å². The van der Waals surface area contributed by atoms with E-state index >= 15 is 0 Å². The van der Waals surface area contributed by atoms with Gasteiger partial charge in [-0.1, -0.05) is 37.8 Å². The van der Waals surface area contributed by atoms with Gasteiger partial charge < -0.3 is 5.73 Å². The quantitative estimate of drug-likeness (QED) is 0.461. The summed E-state index contributed by atoms with van der Waals surface area (Å²) >= 11 is 0. The van der Waals surface area contributed by atoms with Gasteiger partial charge in [0.2, 0.25) is 0 Å². The molecule has 0 aromatic carbocycles. The SMILES string of the molecule is CCCCCC/C(C)=C/CC[C@H](C)N. The number of rotatable bonds is 8. The summed E-state index contributed by atoms with van der Waals surface area (Å²) in [7, 11) is 0. The molecule has 0 aromatic rings. The largest absolute Gasteiger partial charge is 0.328 e. The van der Waals surface area contributed by atoms with Crippen LogP contribution in [-0.2, 0) is 0 Å². The molecule has 1 nitrogen and oxygen atoms in total. The predicted octanol–water partition coefficient (Wildman–Crippen LogP) is 4.03. The molecule has 0 aliphatic carbocycles. The molecule has 0 spiro atoms. The summed E-state index contributed by atoms with van der Waals surface area (Å²) in [6, 6.07) is 0.346. The van der Waals surface area contributed by atoms with Crippen molar-refractivity contribution in [3.63, 3.8) is 0 Å². The highest BCUT2D eigenvalue weighted by atomic mass is 14.6. The van der Waals surface area contributed by atoms with Crippen molar-refractivity contribution in [3.05, 3.63) is 11.6 Å². The Morgan fingerprint density at radius 1 is 1.29 bits per heavy atom. The Labute approximate surface area is 89.8 Å². The molecule has 14 heavy (non-hydrogen) atoms. The van der Waals surface area contributed by atoms with E-state index in [1.165, 1.54) is 32.1 Å². The molecule has 0 heterocycles. The monoisotopic (exact) mass is 197 g/mol. The minimum absolute atomic E-state index is 0.346. The number of allylic oxidation sites excluding steroid dienone is 2. The zero-order chi connectivity index (χ0) is 10.8. The van der Waals surface area contributed by atoms with Gasteiger partial charge in [-0.15, -0.1) is 0 Å². The minimum Gasteiger partial charge on any atom is -0.328 e. The molecule has 0 amide bonds. The fourth-order valence-corrected chi connectivity index (χ4v) is 1.53. The van der Waals surface area contributed by atoms with Crippen molar-refractivity contribution in [3.8, 4) is 0 Å². The van der Waals surface area contributed by atoms with E-state index in [1.54, 1.807) is 5.57 Å². The molecule has 0 aliphatic heterocycles. The van der Waals surface area contributed by atoms with Crippen LogP contribution in [0.25, 0.3) is 0 Å². The van der Waals surface area contributed by atoms with Crippen molar-refractivity contribution in [2.45, 2.75) is 71.8 Å². The number of nitrogens with two attached hydrogens (primary N) is 1. The summed E-state index contributed by atoms with van der Waals surface area (Å²) in [4.78, 5) is 0. The van der Waals surface area contributed by atoms with Crippen LogP contribution in [0.15, 0.2) is 11.6 Å². The van der Waals surface area contributed by atoms with Crippen molar-refractivity contribution in [2.24, 2.45) is 5.73 Å². The third-order valence-electron chi connectivity index (χ3n) is 2.54. The summed E-state index contributed by atoms with van der Waals surface area (Å²) in [5.41, 5.74) is 7.23. The maximum Gasteiger partial charge on any atom is 0.00134 e. The van der Waals surface area contributed by atoms with Gasteiger partial charge in [0, 0.05) is 6.04 Å². The fourth-order valence-electron chi connectivity index (χ4n) is 1.53. The second-order valence-corrected chi connectivity index (χ2v) is 4.42. The molecule has 0 fully saturated rings. The standard InChI is InChI=1S/C13H27N/c1-4-5-6-7-9-12(2)10-8-11-13(3)14/h10,13H,4-9,11,14H2,1-3H3/b12-10+/t13-/m0/s1. The van der Waals surface area contributed by atoms with E-state index in [9.17, 15) is 0 Å². The normalized spacial score (nSPS) is 14.4. The van der Waals surface area contributed by atoms with E-state index in [2.05, 4.69) is 26.8 Å². The average Bonchev–Trinajstić information content (AvgIpc) is 2.12. The highest BCUT2D eigenvalue weighted by molar-refractivity contribution is 4.97. The Bertz CT molecular complexity index is 147. The molecule has 0 aliphatic rings. The zero-order valence-electron chi connectivity index (χ0n) is 10.2. The minimum atomic E-state index is 0.346. The first-order chi connectivity index (χ1) is 6.66. The first kappa shape index (κ1) is 13.7. The molecular formula is C13H27N. The summed E-state index contributed by atoms with van der Waals surface area (Å²) in [6.45, 7) is 6.57. The third-order valence-corrected chi connectivity index (χ3v) is 2.54. The van der Waals surface area contributed by atoms with Crippen molar-refractivity contribution < 1.29 is 0 Å². The summed E-state index contributed by atoms with van der Waals surface area (Å²) in [6.07, 6.45) is 11.3. The van der Waals surface area contributed by atoms with Gasteiger partial charge in [-0.2, -0.15) is 0 Å². The predicted molar refractivity (Wildman–Crippen MR) is 65.4 cm³/mol. The molecule has 1 heteroatoms. The van der Waals surface area contributed by atoms with Crippen LogP contribution in [0.1, 0.15) is 65.7 Å². The van der Waals surface area contributed by atoms with Crippen molar-refractivity contribution in [1.29, 1.82) is 0 Å². The van der Waals surface area contributed by atoms with Crippen LogP contribution in [0.4, 0.5) is 0 Å². The molecule has 1 atom stereocenters. The molecule has 0 saturated heterocycles. The van der Waals surface area contributed by atoms with Crippen molar-refractivity contribution >= 4 is 0 Å². The lowest BCUT2D eigenvalue weighted by Crippen LogP contribution is -2.13. The van der Waals surface area contributed by atoms with Crippen LogP contribution in [0.5, 0.6) is 0 Å². The lowest BCUT2D eigenvalue weighted by Gasteiger charge is -2.03. The van der Waals surface area contributed by atoms with Crippen LogP contribution < -0.4 is 5.73 Å². The van der Waals surface area contributed by atoms with E-state index in [1.807, 2.05) is 0 Å². The Morgan fingerprint density at radius 2 is 2.00 bits per heavy atom. The van der Waals surface area contributed by atoms with E-state index < -0.39 is 0 Å². The average molecular weight is 197 g/mol. The summed E-state index contributed by atoms with van der Waals surface area (Å²) in [5.74, 6) is 0. The van der Waals surface area contributed by atoms with E-state index in [0.29, 0.717) is 6.04 Å². The third kappa shape index (κ3) is 9.79. The van der Waals surface area contributed by atoms with Crippen molar-refractivity contribution in [2.75, 3.05) is 0 Å². The highest BCUT2D eigenvalue weighted by Gasteiger charge is 1.93. The molecule has 0 saturated carbocycles. The van der Waals surface area contributed by atoms with Gasteiger partial charge in [-0.3, -0.25) is 0 Å². The summed E-state index contributed by atoms with van der Waals surface area (Å²) < 4.78 is 0.